The van der Waals surface area contributed by atoms with Gasteiger partial charge in [0.2, 0.25) is 10.0 Å². The minimum atomic E-state index is -3.74. The second kappa shape index (κ2) is 8.89. The first-order valence-electron chi connectivity index (χ1n) is 9.03. The van der Waals surface area contributed by atoms with Crippen LogP contribution in [0.25, 0.3) is 0 Å². The van der Waals surface area contributed by atoms with Gasteiger partial charge in [-0.15, -0.1) is 0 Å². The topological polar surface area (TPSA) is 98.5 Å². The van der Waals surface area contributed by atoms with Gasteiger partial charge in [0, 0.05) is 5.56 Å². The first kappa shape index (κ1) is 20.6. The summed E-state index contributed by atoms with van der Waals surface area (Å²) in [6.45, 7) is 2.23. The molecule has 0 radical (unpaired) electrons. The van der Waals surface area contributed by atoms with Gasteiger partial charge in [-0.2, -0.15) is 0 Å². The zero-order chi connectivity index (χ0) is 20.9. The summed E-state index contributed by atoms with van der Waals surface area (Å²) in [5.41, 5.74) is 2.28. The lowest BCUT2D eigenvalue weighted by atomic mass is 10.1. The van der Waals surface area contributed by atoms with Crippen molar-refractivity contribution >= 4 is 15.9 Å². The Balaban J connectivity index is 1.64. The van der Waals surface area contributed by atoms with Gasteiger partial charge in [0.15, 0.2) is 0 Å². The van der Waals surface area contributed by atoms with Crippen LogP contribution in [-0.2, 0) is 16.6 Å². The van der Waals surface area contributed by atoms with Crippen LogP contribution in [0.2, 0.25) is 0 Å². The van der Waals surface area contributed by atoms with Gasteiger partial charge in [0.25, 0.3) is 5.91 Å². The van der Waals surface area contributed by atoms with Crippen LogP contribution in [0.5, 0.6) is 5.75 Å². The number of rotatable bonds is 7. The van der Waals surface area contributed by atoms with Gasteiger partial charge in [-0.25, -0.2) is 13.6 Å². The van der Waals surface area contributed by atoms with Gasteiger partial charge >= 0.3 is 0 Å². The molecule has 3 aromatic carbocycles. The van der Waals surface area contributed by atoms with Gasteiger partial charge in [0.05, 0.1) is 10.9 Å². The first-order valence-corrected chi connectivity index (χ1v) is 10.6. The van der Waals surface area contributed by atoms with E-state index < -0.39 is 10.0 Å². The summed E-state index contributed by atoms with van der Waals surface area (Å²) < 4.78 is 28.5. The van der Waals surface area contributed by atoms with Gasteiger partial charge in [-0.3, -0.25) is 4.79 Å². The number of carbonyl (C=O) groups is 1. The lowest BCUT2D eigenvalue weighted by Gasteiger charge is -2.15. The van der Waals surface area contributed by atoms with Crippen molar-refractivity contribution in [3.63, 3.8) is 0 Å². The van der Waals surface area contributed by atoms with Crippen LogP contribution < -0.4 is 15.2 Å². The van der Waals surface area contributed by atoms with Crippen molar-refractivity contribution in [3.05, 3.63) is 95.6 Å². The summed E-state index contributed by atoms with van der Waals surface area (Å²) in [6.07, 6.45) is 0. The van der Waals surface area contributed by atoms with Gasteiger partial charge in [-0.05, 0) is 48.4 Å². The fraction of sp³-hybridized carbons (Fsp3) is 0.136. The third-order valence-electron chi connectivity index (χ3n) is 4.40. The molecule has 0 spiro atoms. The van der Waals surface area contributed by atoms with Crippen LogP contribution in [0.15, 0.2) is 83.8 Å². The number of nitrogens with one attached hydrogen (secondary N) is 1. The Kier molecular flexibility index (Phi) is 6.31. The Morgan fingerprint density at radius 2 is 1.69 bits per heavy atom. The highest BCUT2D eigenvalue weighted by Crippen LogP contribution is 2.18. The molecule has 1 atom stereocenters. The van der Waals surface area contributed by atoms with Crippen LogP contribution in [-0.4, -0.2) is 14.3 Å². The van der Waals surface area contributed by atoms with Crippen molar-refractivity contribution in [2.75, 3.05) is 0 Å². The lowest BCUT2D eigenvalue weighted by molar-refractivity contribution is 0.0939. The molecule has 3 N–H and O–H groups in total. The smallest absolute Gasteiger partial charge is 0.251 e. The van der Waals surface area contributed by atoms with Crippen molar-refractivity contribution in [2.45, 2.75) is 24.5 Å². The van der Waals surface area contributed by atoms with Crippen molar-refractivity contribution < 1.29 is 17.9 Å². The Bertz CT molecular complexity index is 1080. The minimum absolute atomic E-state index is 0.0306. The molecule has 7 heteroatoms. The number of primary sulfonamides is 1. The number of carbonyl (C=O) groups excluding carboxylic acids is 1. The molecule has 0 saturated heterocycles. The summed E-state index contributed by atoms with van der Waals surface area (Å²) in [6, 6.07) is 22.5. The minimum Gasteiger partial charge on any atom is -0.489 e. The maximum absolute atomic E-state index is 12.6. The van der Waals surface area contributed by atoms with Crippen LogP contribution in [0.3, 0.4) is 0 Å². The van der Waals surface area contributed by atoms with Gasteiger partial charge in [0.1, 0.15) is 12.4 Å². The van der Waals surface area contributed by atoms with Crippen LogP contribution in [0.4, 0.5) is 0 Å². The monoisotopic (exact) mass is 410 g/mol. The fourth-order valence-electron chi connectivity index (χ4n) is 2.78. The van der Waals surface area contributed by atoms with Gasteiger partial charge in [-0.1, -0.05) is 48.5 Å². The van der Waals surface area contributed by atoms with Crippen LogP contribution in [0, 0.1) is 0 Å². The Morgan fingerprint density at radius 1 is 1.00 bits per heavy atom. The van der Waals surface area contributed by atoms with Crippen LogP contribution >= 0.6 is 0 Å². The molecule has 1 unspecified atom stereocenters. The van der Waals surface area contributed by atoms with E-state index in [2.05, 4.69) is 5.32 Å². The highest BCUT2D eigenvalue weighted by molar-refractivity contribution is 7.89. The molecular weight excluding hydrogens is 388 g/mol. The largest absolute Gasteiger partial charge is 0.489 e. The van der Waals surface area contributed by atoms with E-state index in [4.69, 9.17) is 9.88 Å². The summed E-state index contributed by atoms with van der Waals surface area (Å²) in [5, 5.41) is 8.00. The lowest BCUT2D eigenvalue weighted by Crippen LogP contribution is -2.26. The molecule has 0 aliphatic rings. The Labute approximate surface area is 170 Å². The highest BCUT2D eigenvalue weighted by atomic mass is 32.2. The third-order valence-corrected chi connectivity index (χ3v) is 5.33. The van der Waals surface area contributed by atoms with Crippen molar-refractivity contribution in [1.29, 1.82) is 0 Å². The number of nitrogens with two attached hydrogens (primary N) is 1. The Hall–Kier alpha value is -3.16. The SMILES string of the molecule is CC(NC(=O)c1cccc(OCc2ccccc2)c1)c1ccc(S(N)(=O)=O)cc1. The predicted octanol–water partition coefficient (Wildman–Crippen LogP) is 3.40. The zero-order valence-electron chi connectivity index (χ0n) is 15.9. The second-order valence-electron chi connectivity index (χ2n) is 6.61. The maximum atomic E-state index is 12.6. The number of hydrogen-bond acceptors (Lipinski definition) is 4. The Morgan fingerprint density at radius 3 is 2.34 bits per heavy atom. The molecule has 0 heterocycles. The molecule has 0 fully saturated rings. The zero-order valence-corrected chi connectivity index (χ0v) is 16.7. The van der Waals surface area contributed by atoms with Crippen molar-refractivity contribution in [1.82, 2.24) is 5.32 Å². The highest BCUT2D eigenvalue weighted by Gasteiger charge is 2.14. The molecule has 0 bridgehead atoms. The van der Waals surface area contributed by atoms with E-state index in [-0.39, 0.29) is 16.8 Å². The van der Waals surface area contributed by atoms with Gasteiger partial charge < -0.3 is 10.1 Å². The summed E-state index contributed by atoms with van der Waals surface area (Å²) >= 11 is 0. The van der Waals surface area contributed by atoms with E-state index in [0.717, 1.165) is 11.1 Å². The maximum Gasteiger partial charge on any atom is 0.251 e. The third kappa shape index (κ3) is 5.66. The first-order chi connectivity index (χ1) is 13.8. The molecule has 6 nitrogen and oxygen atoms in total. The van der Waals surface area contributed by atoms with Crippen LogP contribution in [0.1, 0.15) is 34.5 Å². The average molecular weight is 410 g/mol. The standard InChI is InChI=1S/C22H22N2O4S/c1-16(18-10-12-21(13-11-18)29(23,26)27)24-22(25)19-8-5-9-20(14-19)28-15-17-6-3-2-4-7-17/h2-14,16H,15H2,1H3,(H,24,25)(H2,23,26,27). The number of hydrogen-bond donors (Lipinski definition) is 2. The number of amides is 1. The molecule has 0 saturated carbocycles. The molecule has 0 aliphatic carbocycles. The van der Waals surface area contributed by atoms with E-state index in [0.29, 0.717) is 17.9 Å². The number of sulfonamides is 1. The average Bonchev–Trinajstić information content (AvgIpc) is 2.72. The molecule has 3 rings (SSSR count). The van der Waals surface area contributed by atoms with Crippen molar-refractivity contribution in [2.24, 2.45) is 5.14 Å². The molecule has 1 amide bonds. The van der Waals surface area contributed by atoms with Crippen molar-refractivity contribution in [3.8, 4) is 5.75 Å². The van der Waals surface area contributed by atoms with E-state index in [9.17, 15) is 13.2 Å². The quantitative estimate of drug-likeness (QED) is 0.624. The number of benzene rings is 3. The fourth-order valence-corrected chi connectivity index (χ4v) is 3.29. The molecular formula is C22H22N2O4S. The number of ether oxygens (including phenoxy) is 1. The second-order valence-corrected chi connectivity index (χ2v) is 8.17. The van der Waals surface area contributed by atoms with E-state index in [1.807, 2.05) is 37.3 Å². The summed E-state index contributed by atoms with van der Waals surface area (Å²) in [7, 11) is -3.74. The normalized spacial score (nSPS) is 12.2. The van der Waals surface area contributed by atoms with E-state index in [1.54, 1.807) is 36.4 Å². The molecule has 0 aromatic heterocycles. The molecule has 29 heavy (non-hydrogen) atoms. The van der Waals surface area contributed by atoms with E-state index >= 15 is 0 Å². The molecule has 0 aliphatic heterocycles. The predicted molar refractivity (Wildman–Crippen MR) is 111 cm³/mol. The summed E-state index contributed by atoms with van der Waals surface area (Å²) in [5.74, 6) is 0.352. The molecule has 150 valence electrons. The van der Waals surface area contributed by atoms with E-state index in [1.165, 1.54) is 12.1 Å². The molecule has 3 aromatic rings. The summed E-state index contributed by atoms with van der Waals surface area (Å²) in [4.78, 5) is 12.6.